The van der Waals surface area contributed by atoms with Crippen LogP contribution in [0, 0.1) is 0 Å². The molecule has 0 saturated carbocycles. The molecule has 0 radical (unpaired) electrons. The average Bonchev–Trinajstić information content (AvgIpc) is 2.99. The number of hydrogen-bond donors (Lipinski definition) is 4. The molecular formula is C16H13N3O3. The number of amides is 1. The first-order valence-electron chi connectivity index (χ1n) is 6.56. The fourth-order valence-corrected chi connectivity index (χ4v) is 2.12. The van der Waals surface area contributed by atoms with Crippen LogP contribution in [0.2, 0.25) is 0 Å². The zero-order chi connectivity index (χ0) is 15.5. The Hall–Kier alpha value is -3.28. The summed E-state index contributed by atoms with van der Waals surface area (Å²) in [6, 6.07) is 11.5. The summed E-state index contributed by atoms with van der Waals surface area (Å²) in [5, 5.41) is 23.4. The highest BCUT2D eigenvalue weighted by Gasteiger charge is 2.09. The third kappa shape index (κ3) is 2.62. The summed E-state index contributed by atoms with van der Waals surface area (Å²) in [5.41, 5.74) is 4.22. The molecule has 3 aromatic rings. The maximum Gasteiger partial charge on any atom is 0.273 e. The first kappa shape index (κ1) is 13.7. The van der Waals surface area contributed by atoms with E-state index in [9.17, 15) is 15.0 Å². The van der Waals surface area contributed by atoms with E-state index in [1.165, 1.54) is 18.3 Å². The average molecular weight is 295 g/mol. The first-order chi connectivity index (χ1) is 10.6. The van der Waals surface area contributed by atoms with Gasteiger partial charge in [0.05, 0.1) is 17.3 Å². The van der Waals surface area contributed by atoms with Crippen molar-refractivity contribution in [2.75, 3.05) is 0 Å². The van der Waals surface area contributed by atoms with Crippen molar-refractivity contribution in [2.24, 2.45) is 5.10 Å². The van der Waals surface area contributed by atoms with Crippen molar-refractivity contribution in [2.45, 2.75) is 0 Å². The molecule has 22 heavy (non-hydrogen) atoms. The van der Waals surface area contributed by atoms with E-state index in [1.807, 2.05) is 12.1 Å². The molecule has 1 amide bonds. The number of rotatable bonds is 3. The number of hydrogen-bond acceptors (Lipinski definition) is 4. The van der Waals surface area contributed by atoms with Crippen LogP contribution in [0.15, 0.2) is 53.8 Å². The van der Waals surface area contributed by atoms with Gasteiger partial charge < -0.3 is 15.2 Å². The molecule has 0 aliphatic heterocycles. The largest absolute Gasteiger partial charge is 0.504 e. The van der Waals surface area contributed by atoms with E-state index >= 15 is 0 Å². The van der Waals surface area contributed by atoms with E-state index < -0.39 is 0 Å². The zero-order valence-electron chi connectivity index (χ0n) is 11.4. The van der Waals surface area contributed by atoms with Gasteiger partial charge in [0.2, 0.25) is 0 Å². The van der Waals surface area contributed by atoms with Gasteiger partial charge >= 0.3 is 0 Å². The molecule has 4 N–H and O–H groups in total. The minimum Gasteiger partial charge on any atom is -0.504 e. The maximum absolute atomic E-state index is 12.1. The number of aromatic hydroxyl groups is 2. The van der Waals surface area contributed by atoms with Crippen molar-refractivity contribution >= 4 is 23.0 Å². The summed E-state index contributed by atoms with van der Waals surface area (Å²) in [6.45, 7) is 0. The lowest BCUT2D eigenvalue weighted by Crippen LogP contribution is -2.17. The maximum atomic E-state index is 12.1. The molecule has 0 unspecified atom stereocenters. The van der Waals surface area contributed by atoms with Gasteiger partial charge in [-0.3, -0.25) is 4.79 Å². The molecule has 3 rings (SSSR count). The van der Waals surface area contributed by atoms with E-state index in [4.69, 9.17) is 0 Å². The van der Waals surface area contributed by atoms with Crippen LogP contribution < -0.4 is 5.43 Å². The van der Waals surface area contributed by atoms with Crippen LogP contribution in [-0.2, 0) is 0 Å². The van der Waals surface area contributed by atoms with E-state index in [0.717, 1.165) is 10.9 Å². The Morgan fingerprint density at radius 1 is 1.14 bits per heavy atom. The molecule has 0 spiro atoms. The number of phenols is 2. The second-order valence-electron chi connectivity index (χ2n) is 4.69. The molecule has 0 bridgehead atoms. The lowest BCUT2D eigenvalue weighted by Gasteiger charge is -2.02. The number of hydrazone groups is 1. The summed E-state index contributed by atoms with van der Waals surface area (Å²) < 4.78 is 0. The second kappa shape index (κ2) is 5.61. The quantitative estimate of drug-likeness (QED) is 0.339. The molecule has 0 atom stereocenters. The Balaban J connectivity index is 1.76. The minimum absolute atomic E-state index is 0.209. The van der Waals surface area contributed by atoms with Gasteiger partial charge in [-0.15, -0.1) is 0 Å². The van der Waals surface area contributed by atoms with Gasteiger partial charge in [0.15, 0.2) is 11.5 Å². The summed E-state index contributed by atoms with van der Waals surface area (Å²) in [6.07, 6.45) is 3.15. The SMILES string of the molecule is O=C(N/N=C/c1ccc(O)c(O)c1)c1cccc2cc[nH]c12. The third-order valence-electron chi connectivity index (χ3n) is 3.21. The van der Waals surface area contributed by atoms with Crippen LogP contribution in [0.1, 0.15) is 15.9 Å². The summed E-state index contributed by atoms with van der Waals surface area (Å²) in [7, 11) is 0. The summed E-state index contributed by atoms with van der Waals surface area (Å²) in [5.74, 6) is -0.793. The molecule has 0 saturated heterocycles. The number of para-hydroxylation sites is 1. The highest BCUT2D eigenvalue weighted by atomic mass is 16.3. The van der Waals surface area contributed by atoms with Gasteiger partial charge in [-0.1, -0.05) is 12.1 Å². The minimum atomic E-state index is -0.340. The lowest BCUT2D eigenvalue weighted by molar-refractivity contribution is 0.0956. The molecule has 1 aromatic heterocycles. The van der Waals surface area contributed by atoms with Gasteiger partial charge in [-0.05, 0) is 35.9 Å². The third-order valence-corrected chi connectivity index (χ3v) is 3.21. The molecule has 0 fully saturated rings. The monoisotopic (exact) mass is 295 g/mol. The van der Waals surface area contributed by atoms with Crippen molar-refractivity contribution in [3.05, 3.63) is 59.8 Å². The Bertz CT molecular complexity index is 868. The molecule has 0 aliphatic carbocycles. The van der Waals surface area contributed by atoms with Crippen LogP contribution in [0.4, 0.5) is 0 Å². The smallest absolute Gasteiger partial charge is 0.273 e. The predicted molar refractivity (Wildman–Crippen MR) is 83.1 cm³/mol. The molecule has 6 heteroatoms. The molecule has 2 aromatic carbocycles. The van der Waals surface area contributed by atoms with Crippen molar-refractivity contribution in [3.8, 4) is 11.5 Å². The molecule has 0 aliphatic rings. The number of benzene rings is 2. The highest BCUT2D eigenvalue weighted by Crippen LogP contribution is 2.24. The van der Waals surface area contributed by atoms with Crippen molar-refractivity contribution in [1.29, 1.82) is 0 Å². The van der Waals surface area contributed by atoms with E-state index in [2.05, 4.69) is 15.5 Å². The number of nitrogens with zero attached hydrogens (tertiary/aromatic N) is 1. The molecular weight excluding hydrogens is 282 g/mol. The first-order valence-corrected chi connectivity index (χ1v) is 6.56. The van der Waals surface area contributed by atoms with Crippen LogP contribution in [-0.4, -0.2) is 27.3 Å². The fraction of sp³-hybridized carbons (Fsp3) is 0. The normalized spacial score (nSPS) is 11.1. The van der Waals surface area contributed by atoms with Crippen LogP contribution in [0.3, 0.4) is 0 Å². The van der Waals surface area contributed by atoms with Gasteiger partial charge in [0.1, 0.15) is 0 Å². The number of aromatic amines is 1. The van der Waals surface area contributed by atoms with E-state index in [-0.39, 0.29) is 17.4 Å². The Labute approximate surface area is 125 Å². The highest BCUT2D eigenvalue weighted by molar-refractivity contribution is 6.05. The number of H-pyrrole nitrogens is 1. The van der Waals surface area contributed by atoms with Crippen molar-refractivity contribution in [3.63, 3.8) is 0 Å². The molecule has 6 nitrogen and oxygen atoms in total. The molecule has 110 valence electrons. The van der Waals surface area contributed by atoms with Gasteiger partial charge in [-0.25, -0.2) is 5.43 Å². The van der Waals surface area contributed by atoms with Gasteiger partial charge in [0, 0.05) is 11.6 Å². The lowest BCUT2D eigenvalue weighted by atomic mass is 10.1. The number of carbonyl (C=O) groups is 1. The second-order valence-corrected chi connectivity index (χ2v) is 4.69. The summed E-state index contributed by atoms with van der Waals surface area (Å²) >= 11 is 0. The Morgan fingerprint density at radius 2 is 2.00 bits per heavy atom. The number of aromatic nitrogens is 1. The van der Waals surface area contributed by atoms with E-state index in [0.29, 0.717) is 11.1 Å². The molecule has 1 heterocycles. The standard InChI is InChI=1S/C16H13N3O3/c20-13-5-4-10(8-14(13)21)9-18-19-16(22)12-3-1-2-11-6-7-17-15(11)12/h1-9,17,20-21H,(H,19,22)/b18-9+. The summed E-state index contributed by atoms with van der Waals surface area (Å²) in [4.78, 5) is 15.2. The zero-order valence-corrected chi connectivity index (χ0v) is 11.4. The van der Waals surface area contributed by atoms with Crippen LogP contribution >= 0.6 is 0 Å². The predicted octanol–water partition coefficient (Wildman–Crippen LogP) is 2.34. The van der Waals surface area contributed by atoms with Crippen molar-refractivity contribution < 1.29 is 15.0 Å². The van der Waals surface area contributed by atoms with E-state index in [1.54, 1.807) is 24.4 Å². The number of phenolic OH excluding ortho intramolecular Hbond substituents is 2. The van der Waals surface area contributed by atoms with Gasteiger partial charge in [-0.2, -0.15) is 5.10 Å². The Morgan fingerprint density at radius 3 is 2.82 bits per heavy atom. The number of carbonyl (C=O) groups excluding carboxylic acids is 1. The van der Waals surface area contributed by atoms with Crippen LogP contribution in [0.25, 0.3) is 10.9 Å². The van der Waals surface area contributed by atoms with Crippen molar-refractivity contribution in [1.82, 2.24) is 10.4 Å². The Kier molecular flexibility index (Phi) is 3.49. The van der Waals surface area contributed by atoms with Crippen LogP contribution in [0.5, 0.6) is 11.5 Å². The topological polar surface area (TPSA) is 97.7 Å². The number of fused-ring (bicyclic) bond motifs is 1. The number of nitrogens with one attached hydrogen (secondary N) is 2. The van der Waals surface area contributed by atoms with Gasteiger partial charge in [0.25, 0.3) is 5.91 Å². The fourth-order valence-electron chi connectivity index (χ4n) is 2.12.